The molecule has 102 valence electrons. The van der Waals surface area contributed by atoms with Gasteiger partial charge in [-0.1, -0.05) is 35.0 Å². The summed E-state index contributed by atoms with van der Waals surface area (Å²) in [5.41, 5.74) is 2.21. The molecule has 0 aliphatic carbocycles. The summed E-state index contributed by atoms with van der Waals surface area (Å²) in [4.78, 5) is 1.62. The van der Waals surface area contributed by atoms with E-state index in [1.807, 2.05) is 18.2 Å². The highest BCUT2D eigenvalue weighted by Gasteiger charge is 2.10. The summed E-state index contributed by atoms with van der Waals surface area (Å²) in [5.74, 6) is 0. The molecule has 1 aromatic rings. The minimum atomic E-state index is -2.29. The Morgan fingerprint density at radius 1 is 1.39 bits per heavy atom. The Labute approximate surface area is 115 Å². The fraction of sp³-hybridized carbons (Fsp3) is 0.538. The van der Waals surface area contributed by atoms with Crippen LogP contribution >= 0.6 is 15.9 Å². The maximum absolute atomic E-state index is 12.2. The second kappa shape index (κ2) is 7.81. The molecule has 0 spiro atoms. The molecule has 0 aromatic heterocycles. The van der Waals surface area contributed by atoms with Gasteiger partial charge < -0.3 is 5.32 Å². The first-order valence-corrected chi connectivity index (χ1v) is 6.77. The highest BCUT2D eigenvalue weighted by molar-refractivity contribution is 9.10. The summed E-state index contributed by atoms with van der Waals surface area (Å²) in [6, 6.07) is 6.05. The molecular formula is C13H19BrF2N2. The molecule has 0 fully saturated rings. The fourth-order valence-corrected chi connectivity index (χ4v) is 2.24. The van der Waals surface area contributed by atoms with Gasteiger partial charge in [-0.15, -0.1) is 0 Å². The Hall–Kier alpha value is -0.520. The van der Waals surface area contributed by atoms with E-state index in [1.165, 1.54) is 5.56 Å². The normalized spacial score (nSPS) is 11.5. The van der Waals surface area contributed by atoms with Gasteiger partial charge >= 0.3 is 0 Å². The van der Waals surface area contributed by atoms with Crippen LogP contribution in [0.25, 0.3) is 0 Å². The van der Waals surface area contributed by atoms with Gasteiger partial charge in [0, 0.05) is 17.6 Å². The minimum Gasteiger partial charge on any atom is -0.313 e. The average Bonchev–Trinajstić information content (AvgIpc) is 2.28. The summed E-state index contributed by atoms with van der Waals surface area (Å²) >= 11 is 3.49. The third-order valence-corrected chi connectivity index (χ3v) is 3.32. The van der Waals surface area contributed by atoms with Crippen molar-refractivity contribution in [2.24, 2.45) is 0 Å². The lowest BCUT2D eigenvalue weighted by Crippen LogP contribution is -2.24. The Morgan fingerprint density at radius 3 is 2.67 bits per heavy atom. The molecular weight excluding hydrogens is 302 g/mol. The Bertz CT molecular complexity index is 372. The Kier molecular flexibility index (Phi) is 6.75. The monoisotopic (exact) mass is 320 g/mol. The van der Waals surface area contributed by atoms with Crippen LogP contribution in [0.4, 0.5) is 8.78 Å². The van der Waals surface area contributed by atoms with Crippen LogP contribution in [-0.2, 0) is 13.1 Å². The van der Waals surface area contributed by atoms with E-state index in [0.29, 0.717) is 6.54 Å². The number of hydrogen-bond acceptors (Lipinski definition) is 2. The van der Waals surface area contributed by atoms with Crippen molar-refractivity contribution in [2.45, 2.75) is 26.4 Å². The smallest absolute Gasteiger partial charge is 0.251 e. The molecule has 0 saturated carbocycles. The number of benzene rings is 1. The third kappa shape index (κ3) is 5.42. The molecule has 18 heavy (non-hydrogen) atoms. The van der Waals surface area contributed by atoms with Gasteiger partial charge in [0.1, 0.15) is 0 Å². The van der Waals surface area contributed by atoms with Crippen molar-refractivity contribution in [3.63, 3.8) is 0 Å². The number of alkyl halides is 2. The first-order chi connectivity index (χ1) is 8.52. The van der Waals surface area contributed by atoms with E-state index in [1.54, 1.807) is 11.9 Å². The maximum Gasteiger partial charge on any atom is 0.251 e. The lowest BCUT2D eigenvalue weighted by Gasteiger charge is -2.17. The van der Waals surface area contributed by atoms with E-state index < -0.39 is 6.43 Å². The van der Waals surface area contributed by atoms with E-state index in [0.717, 1.165) is 23.1 Å². The molecule has 5 heteroatoms. The van der Waals surface area contributed by atoms with Crippen molar-refractivity contribution in [2.75, 3.05) is 20.1 Å². The standard InChI is InChI=1S/C13H19BrF2N2/c1-3-17-7-10-4-5-11(12(14)6-10)8-18(2)9-13(15)16/h4-6,13,17H,3,7-9H2,1-2H3. The second-order valence-electron chi connectivity index (χ2n) is 4.29. The van der Waals surface area contributed by atoms with Gasteiger partial charge in [0.15, 0.2) is 0 Å². The van der Waals surface area contributed by atoms with Gasteiger partial charge in [-0.25, -0.2) is 8.78 Å². The van der Waals surface area contributed by atoms with Gasteiger partial charge in [-0.2, -0.15) is 0 Å². The van der Waals surface area contributed by atoms with Gasteiger partial charge in [0.05, 0.1) is 6.54 Å². The van der Waals surface area contributed by atoms with Crippen molar-refractivity contribution >= 4 is 15.9 Å². The molecule has 2 nitrogen and oxygen atoms in total. The Balaban J connectivity index is 2.61. The van der Waals surface area contributed by atoms with Crippen LogP contribution in [0.15, 0.2) is 22.7 Å². The van der Waals surface area contributed by atoms with Crippen molar-refractivity contribution in [1.82, 2.24) is 10.2 Å². The van der Waals surface area contributed by atoms with E-state index in [2.05, 4.69) is 28.2 Å². The average molecular weight is 321 g/mol. The summed E-state index contributed by atoms with van der Waals surface area (Å²) in [6.45, 7) is 4.12. The number of halogens is 3. The summed E-state index contributed by atoms with van der Waals surface area (Å²) in [7, 11) is 1.70. The zero-order valence-electron chi connectivity index (χ0n) is 10.7. The number of rotatable bonds is 7. The second-order valence-corrected chi connectivity index (χ2v) is 5.15. The number of nitrogens with zero attached hydrogens (tertiary/aromatic N) is 1. The molecule has 0 saturated heterocycles. The quantitative estimate of drug-likeness (QED) is 0.829. The molecule has 1 N–H and O–H groups in total. The molecule has 0 heterocycles. The van der Waals surface area contributed by atoms with Gasteiger partial charge in [0.25, 0.3) is 6.43 Å². The van der Waals surface area contributed by atoms with E-state index in [4.69, 9.17) is 0 Å². The summed E-state index contributed by atoms with van der Waals surface area (Å²) < 4.78 is 25.4. The van der Waals surface area contributed by atoms with Crippen LogP contribution in [0.3, 0.4) is 0 Å². The minimum absolute atomic E-state index is 0.203. The van der Waals surface area contributed by atoms with Crippen LogP contribution in [0.1, 0.15) is 18.1 Å². The van der Waals surface area contributed by atoms with Crippen LogP contribution in [0, 0.1) is 0 Å². The van der Waals surface area contributed by atoms with E-state index in [9.17, 15) is 8.78 Å². The highest BCUT2D eigenvalue weighted by Crippen LogP contribution is 2.20. The van der Waals surface area contributed by atoms with Gasteiger partial charge in [-0.05, 0) is 30.8 Å². The fourth-order valence-electron chi connectivity index (χ4n) is 1.69. The molecule has 1 rings (SSSR count). The van der Waals surface area contributed by atoms with Crippen LogP contribution in [-0.4, -0.2) is 31.5 Å². The van der Waals surface area contributed by atoms with Crippen molar-refractivity contribution < 1.29 is 8.78 Å². The summed E-state index contributed by atoms with van der Waals surface area (Å²) in [5, 5.41) is 3.25. The molecule has 0 aliphatic heterocycles. The molecule has 0 aliphatic rings. The first-order valence-electron chi connectivity index (χ1n) is 5.97. The zero-order valence-corrected chi connectivity index (χ0v) is 12.3. The predicted molar refractivity (Wildman–Crippen MR) is 73.9 cm³/mol. The largest absolute Gasteiger partial charge is 0.313 e. The third-order valence-electron chi connectivity index (χ3n) is 2.59. The maximum atomic E-state index is 12.2. The van der Waals surface area contributed by atoms with Gasteiger partial charge in [0.2, 0.25) is 0 Å². The molecule has 0 amide bonds. The van der Waals surface area contributed by atoms with Crippen molar-refractivity contribution in [1.29, 1.82) is 0 Å². The van der Waals surface area contributed by atoms with E-state index >= 15 is 0 Å². The number of nitrogens with one attached hydrogen (secondary N) is 1. The van der Waals surface area contributed by atoms with Crippen molar-refractivity contribution in [3.8, 4) is 0 Å². The van der Waals surface area contributed by atoms with Crippen LogP contribution in [0.5, 0.6) is 0 Å². The SMILES string of the molecule is CCNCc1ccc(CN(C)CC(F)F)c(Br)c1. The molecule has 0 radical (unpaired) electrons. The molecule has 0 unspecified atom stereocenters. The lowest BCUT2D eigenvalue weighted by molar-refractivity contribution is 0.0975. The summed E-state index contributed by atoms with van der Waals surface area (Å²) in [6.07, 6.45) is -2.29. The molecule has 0 bridgehead atoms. The number of hydrogen-bond donors (Lipinski definition) is 1. The lowest BCUT2D eigenvalue weighted by atomic mass is 10.1. The molecule has 1 aromatic carbocycles. The van der Waals surface area contributed by atoms with E-state index in [-0.39, 0.29) is 6.54 Å². The van der Waals surface area contributed by atoms with Crippen LogP contribution < -0.4 is 5.32 Å². The first kappa shape index (κ1) is 15.5. The predicted octanol–water partition coefficient (Wildman–Crippen LogP) is 3.26. The molecule has 0 atom stereocenters. The van der Waals surface area contributed by atoms with Crippen molar-refractivity contribution in [3.05, 3.63) is 33.8 Å². The topological polar surface area (TPSA) is 15.3 Å². The highest BCUT2D eigenvalue weighted by atomic mass is 79.9. The van der Waals surface area contributed by atoms with Crippen LogP contribution in [0.2, 0.25) is 0 Å². The Morgan fingerprint density at radius 2 is 2.11 bits per heavy atom. The zero-order chi connectivity index (χ0) is 13.5. The van der Waals surface area contributed by atoms with Gasteiger partial charge in [-0.3, -0.25) is 4.90 Å².